The van der Waals surface area contributed by atoms with Gasteiger partial charge in [-0.3, -0.25) is 0 Å². The summed E-state index contributed by atoms with van der Waals surface area (Å²) in [6.07, 6.45) is 0. The fourth-order valence-electron chi connectivity index (χ4n) is 1.35. The first-order chi connectivity index (χ1) is 8.19. The van der Waals surface area contributed by atoms with Crippen LogP contribution in [0.1, 0.15) is 9.75 Å². The molecule has 0 spiro atoms. The second-order valence-electron chi connectivity index (χ2n) is 3.44. The average Bonchev–Trinajstić information content (AvgIpc) is 2.78. The summed E-state index contributed by atoms with van der Waals surface area (Å²) in [6.45, 7) is 0.883. The summed E-state index contributed by atoms with van der Waals surface area (Å²) in [5.74, 6) is -0.106. The van der Waals surface area contributed by atoms with E-state index in [0.717, 1.165) is 14.2 Å². The van der Waals surface area contributed by atoms with Gasteiger partial charge in [0, 0.05) is 20.8 Å². The van der Waals surface area contributed by atoms with Crippen molar-refractivity contribution in [2.75, 3.05) is 0 Å². The smallest absolute Gasteiger partial charge is 0.165 e. The normalized spacial score (nSPS) is 10.5. The Hall–Kier alpha value is -0.910. The minimum absolute atomic E-state index is 0.252. The minimum Gasteiger partial charge on any atom is -0.485 e. The van der Waals surface area contributed by atoms with E-state index >= 15 is 0 Å². The Labute approximate surface area is 111 Å². The maximum Gasteiger partial charge on any atom is 0.165 e. The molecule has 0 unspecified atom stereocenters. The third-order valence-electron chi connectivity index (χ3n) is 2.18. The molecule has 2 rings (SSSR count). The number of benzene rings is 1. The Kier molecular flexibility index (Phi) is 4.15. The van der Waals surface area contributed by atoms with Crippen LogP contribution in [0.5, 0.6) is 5.75 Å². The number of thiophene rings is 1. The van der Waals surface area contributed by atoms with E-state index in [9.17, 15) is 4.39 Å². The van der Waals surface area contributed by atoms with Gasteiger partial charge in [0.2, 0.25) is 0 Å². The topological polar surface area (TPSA) is 35.2 Å². The van der Waals surface area contributed by atoms with Crippen LogP contribution in [-0.4, -0.2) is 0 Å². The van der Waals surface area contributed by atoms with Gasteiger partial charge in [-0.05, 0) is 30.3 Å². The van der Waals surface area contributed by atoms with Crippen LogP contribution >= 0.6 is 27.3 Å². The van der Waals surface area contributed by atoms with Crippen molar-refractivity contribution in [1.82, 2.24) is 0 Å². The summed E-state index contributed by atoms with van der Waals surface area (Å²) in [5, 5.41) is 0. The lowest BCUT2D eigenvalue weighted by molar-refractivity contribution is 0.293. The maximum atomic E-state index is 13.4. The van der Waals surface area contributed by atoms with Crippen molar-refractivity contribution >= 4 is 27.3 Å². The molecule has 90 valence electrons. The van der Waals surface area contributed by atoms with E-state index < -0.39 is 0 Å². The molecule has 0 fully saturated rings. The standard InChI is InChI=1S/C12H11BrFNOS/c13-8-1-4-11(14)12(5-8)16-7-10-3-2-9(6-15)17-10/h1-5H,6-7,15H2. The first kappa shape index (κ1) is 12.5. The highest BCUT2D eigenvalue weighted by Gasteiger charge is 2.05. The number of hydrogen-bond acceptors (Lipinski definition) is 3. The molecule has 0 saturated heterocycles. The molecule has 1 aromatic heterocycles. The summed E-state index contributed by atoms with van der Waals surface area (Å²) < 4.78 is 19.6. The van der Waals surface area contributed by atoms with Gasteiger partial charge in [-0.25, -0.2) is 4.39 Å². The summed E-state index contributed by atoms with van der Waals surface area (Å²) in [6, 6.07) is 8.54. The third-order valence-corrected chi connectivity index (χ3v) is 3.76. The molecule has 0 radical (unpaired) electrons. The van der Waals surface area contributed by atoms with Gasteiger partial charge >= 0.3 is 0 Å². The van der Waals surface area contributed by atoms with E-state index in [2.05, 4.69) is 15.9 Å². The molecule has 1 heterocycles. The van der Waals surface area contributed by atoms with Crippen LogP contribution < -0.4 is 10.5 Å². The maximum absolute atomic E-state index is 13.4. The van der Waals surface area contributed by atoms with Crippen molar-refractivity contribution < 1.29 is 9.13 Å². The van der Waals surface area contributed by atoms with Crippen LogP contribution in [0.3, 0.4) is 0 Å². The highest BCUT2D eigenvalue weighted by Crippen LogP contribution is 2.24. The average molecular weight is 316 g/mol. The molecule has 0 amide bonds. The molecule has 2 N–H and O–H groups in total. The lowest BCUT2D eigenvalue weighted by atomic mass is 10.3. The molecular weight excluding hydrogens is 305 g/mol. The number of rotatable bonds is 4. The highest BCUT2D eigenvalue weighted by atomic mass is 79.9. The molecule has 0 bridgehead atoms. The van der Waals surface area contributed by atoms with Crippen molar-refractivity contribution in [3.63, 3.8) is 0 Å². The molecule has 17 heavy (non-hydrogen) atoms. The zero-order valence-electron chi connectivity index (χ0n) is 8.95. The van der Waals surface area contributed by atoms with Crippen LogP contribution in [0.4, 0.5) is 4.39 Å². The molecule has 2 aromatic rings. The number of nitrogens with two attached hydrogens (primary N) is 1. The second-order valence-corrected chi connectivity index (χ2v) is 5.60. The Bertz CT molecular complexity index is 515. The van der Waals surface area contributed by atoms with Crippen molar-refractivity contribution in [3.8, 4) is 5.75 Å². The second kappa shape index (κ2) is 5.62. The predicted octanol–water partition coefficient (Wildman–Crippen LogP) is 3.69. The molecule has 0 aliphatic carbocycles. The Morgan fingerprint density at radius 1 is 1.24 bits per heavy atom. The van der Waals surface area contributed by atoms with E-state index in [1.54, 1.807) is 23.5 Å². The highest BCUT2D eigenvalue weighted by molar-refractivity contribution is 9.10. The van der Waals surface area contributed by atoms with E-state index in [1.807, 2.05) is 12.1 Å². The number of halogens is 2. The van der Waals surface area contributed by atoms with Crippen LogP contribution in [0, 0.1) is 5.82 Å². The van der Waals surface area contributed by atoms with E-state index in [1.165, 1.54) is 6.07 Å². The molecule has 0 aliphatic heterocycles. The molecule has 1 aromatic carbocycles. The van der Waals surface area contributed by atoms with Crippen molar-refractivity contribution in [3.05, 3.63) is 50.4 Å². The predicted molar refractivity (Wildman–Crippen MR) is 70.6 cm³/mol. The van der Waals surface area contributed by atoms with Gasteiger partial charge < -0.3 is 10.5 Å². The quantitative estimate of drug-likeness (QED) is 0.934. The summed E-state index contributed by atoms with van der Waals surface area (Å²) >= 11 is 4.86. The first-order valence-electron chi connectivity index (χ1n) is 5.04. The lowest BCUT2D eigenvalue weighted by Gasteiger charge is -2.06. The Morgan fingerprint density at radius 2 is 2.00 bits per heavy atom. The van der Waals surface area contributed by atoms with E-state index in [-0.39, 0.29) is 11.6 Å². The van der Waals surface area contributed by atoms with E-state index in [0.29, 0.717) is 13.2 Å². The molecule has 0 atom stereocenters. The van der Waals surface area contributed by atoms with Crippen LogP contribution in [0.2, 0.25) is 0 Å². The Balaban J connectivity index is 2.04. The number of ether oxygens (including phenoxy) is 1. The molecule has 0 aliphatic rings. The lowest BCUT2D eigenvalue weighted by Crippen LogP contribution is -1.95. The van der Waals surface area contributed by atoms with Gasteiger partial charge in [0.1, 0.15) is 6.61 Å². The van der Waals surface area contributed by atoms with E-state index in [4.69, 9.17) is 10.5 Å². The minimum atomic E-state index is -0.358. The fourth-order valence-corrected chi connectivity index (χ4v) is 2.50. The zero-order valence-corrected chi connectivity index (χ0v) is 11.4. The van der Waals surface area contributed by atoms with Gasteiger partial charge in [0.15, 0.2) is 11.6 Å². The van der Waals surface area contributed by atoms with Gasteiger partial charge in [0.25, 0.3) is 0 Å². The summed E-state index contributed by atoms with van der Waals surface area (Å²) in [7, 11) is 0. The third kappa shape index (κ3) is 3.28. The molecule has 0 saturated carbocycles. The van der Waals surface area contributed by atoms with Crippen molar-refractivity contribution in [2.45, 2.75) is 13.2 Å². The number of hydrogen-bond donors (Lipinski definition) is 1. The van der Waals surface area contributed by atoms with Crippen LogP contribution in [-0.2, 0) is 13.2 Å². The van der Waals surface area contributed by atoms with Crippen molar-refractivity contribution in [2.24, 2.45) is 5.73 Å². The summed E-state index contributed by atoms with van der Waals surface area (Å²) in [5.41, 5.74) is 5.52. The van der Waals surface area contributed by atoms with Gasteiger partial charge in [0.05, 0.1) is 0 Å². The summed E-state index contributed by atoms with van der Waals surface area (Å²) in [4.78, 5) is 2.13. The molecular formula is C12H11BrFNOS. The first-order valence-corrected chi connectivity index (χ1v) is 6.65. The zero-order chi connectivity index (χ0) is 12.3. The molecule has 5 heteroatoms. The van der Waals surface area contributed by atoms with Crippen molar-refractivity contribution in [1.29, 1.82) is 0 Å². The van der Waals surface area contributed by atoms with Gasteiger partial charge in [-0.15, -0.1) is 11.3 Å². The molecule has 2 nitrogen and oxygen atoms in total. The largest absolute Gasteiger partial charge is 0.485 e. The van der Waals surface area contributed by atoms with Gasteiger partial charge in [-0.2, -0.15) is 0 Å². The monoisotopic (exact) mass is 315 g/mol. The fraction of sp³-hybridized carbons (Fsp3) is 0.167. The van der Waals surface area contributed by atoms with Crippen LogP contribution in [0.25, 0.3) is 0 Å². The van der Waals surface area contributed by atoms with Crippen LogP contribution in [0.15, 0.2) is 34.8 Å². The SMILES string of the molecule is NCc1ccc(COc2cc(Br)ccc2F)s1. The van der Waals surface area contributed by atoms with Gasteiger partial charge in [-0.1, -0.05) is 15.9 Å². The Morgan fingerprint density at radius 3 is 2.71 bits per heavy atom.